The highest BCUT2D eigenvalue weighted by Crippen LogP contribution is 2.13. The minimum atomic E-state index is 0. The van der Waals surface area contributed by atoms with Crippen molar-refractivity contribution in [3.63, 3.8) is 0 Å². The lowest BCUT2D eigenvalue weighted by atomic mass is 10.2. The molecule has 0 aromatic heterocycles. The monoisotopic (exact) mass is 375 g/mol. The summed E-state index contributed by atoms with van der Waals surface area (Å²) in [6.07, 6.45) is 2.53. The fraction of sp³-hybridized carbons (Fsp3) is 0.500. The number of nitrogens with one attached hydrogen (secondary N) is 1. The summed E-state index contributed by atoms with van der Waals surface area (Å²) in [6, 6.07) is 8.10. The Kier molecular flexibility index (Phi) is 6.97. The van der Waals surface area contributed by atoms with Crippen molar-refractivity contribution in [1.29, 1.82) is 0 Å². The fourth-order valence-electron chi connectivity index (χ4n) is 2.22. The van der Waals surface area contributed by atoms with E-state index in [2.05, 4.69) is 21.3 Å². The lowest BCUT2D eigenvalue weighted by Gasteiger charge is -2.20. The largest absolute Gasteiger partial charge is 0.497 e. The van der Waals surface area contributed by atoms with E-state index in [1.807, 2.05) is 25.2 Å². The Balaban J connectivity index is 0.00000180. The molecule has 0 atom stereocenters. The van der Waals surface area contributed by atoms with Crippen LogP contribution in [-0.2, 0) is 6.54 Å². The van der Waals surface area contributed by atoms with Gasteiger partial charge in [0.15, 0.2) is 5.96 Å². The molecule has 1 N–H and O–H groups in total. The van der Waals surface area contributed by atoms with Crippen LogP contribution in [0.5, 0.6) is 5.75 Å². The van der Waals surface area contributed by atoms with Crippen LogP contribution in [0.15, 0.2) is 29.3 Å². The van der Waals surface area contributed by atoms with Gasteiger partial charge in [-0.05, 0) is 30.5 Å². The van der Waals surface area contributed by atoms with Crippen molar-refractivity contribution >= 4 is 29.9 Å². The third kappa shape index (κ3) is 4.56. The molecule has 0 radical (unpaired) electrons. The van der Waals surface area contributed by atoms with E-state index in [-0.39, 0.29) is 24.0 Å². The molecule has 1 fully saturated rings. The number of guanidine groups is 1. The van der Waals surface area contributed by atoms with Crippen molar-refractivity contribution in [3.05, 3.63) is 29.8 Å². The highest BCUT2D eigenvalue weighted by molar-refractivity contribution is 14.0. The molecule has 106 valence electrons. The summed E-state index contributed by atoms with van der Waals surface area (Å²) in [5.41, 5.74) is 1.20. The van der Waals surface area contributed by atoms with Crippen LogP contribution in [0, 0.1) is 0 Å². The van der Waals surface area contributed by atoms with Crippen molar-refractivity contribution in [3.8, 4) is 5.75 Å². The number of hydrogen-bond donors (Lipinski definition) is 1. The van der Waals surface area contributed by atoms with Crippen LogP contribution in [0.1, 0.15) is 18.4 Å². The molecule has 0 bridgehead atoms. The minimum absolute atomic E-state index is 0. The Hall–Kier alpha value is -0.980. The summed E-state index contributed by atoms with van der Waals surface area (Å²) in [4.78, 5) is 6.63. The molecule has 0 aliphatic carbocycles. The maximum atomic E-state index is 5.22. The molecular weight excluding hydrogens is 353 g/mol. The summed E-state index contributed by atoms with van der Waals surface area (Å²) >= 11 is 0. The van der Waals surface area contributed by atoms with Crippen LogP contribution in [-0.4, -0.2) is 38.1 Å². The van der Waals surface area contributed by atoms with Gasteiger partial charge in [0.1, 0.15) is 5.75 Å². The van der Waals surface area contributed by atoms with Crippen LogP contribution in [0.3, 0.4) is 0 Å². The van der Waals surface area contributed by atoms with Gasteiger partial charge in [0.05, 0.1) is 7.11 Å². The van der Waals surface area contributed by atoms with Crippen molar-refractivity contribution in [1.82, 2.24) is 10.2 Å². The van der Waals surface area contributed by atoms with Gasteiger partial charge in [-0.1, -0.05) is 12.1 Å². The summed E-state index contributed by atoms with van der Waals surface area (Å²) in [6.45, 7) is 3.00. The van der Waals surface area contributed by atoms with E-state index in [0.29, 0.717) is 0 Å². The molecular formula is C14H22IN3O. The van der Waals surface area contributed by atoms with E-state index in [0.717, 1.165) is 31.3 Å². The van der Waals surface area contributed by atoms with Crippen molar-refractivity contribution in [2.45, 2.75) is 19.4 Å². The smallest absolute Gasteiger partial charge is 0.193 e. The molecule has 1 aromatic rings. The van der Waals surface area contributed by atoms with Gasteiger partial charge in [-0.3, -0.25) is 4.99 Å². The molecule has 2 rings (SSSR count). The van der Waals surface area contributed by atoms with Crippen LogP contribution < -0.4 is 10.1 Å². The lowest BCUT2D eigenvalue weighted by Crippen LogP contribution is -2.39. The summed E-state index contributed by atoms with van der Waals surface area (Å²) in [5.74, 6) is 1.89. The van der Waals surface area contributed by atoms with Gasteiger partial charge in [0.25, 0.3) is 0 Å². The van der Waals surface area contributed by atoms with Gasteiger partial charge < -0.3 is 15.0 Å². The van der Waals surface area contributed by atoms with E-state index < -0.39 is 0 Å². The van der Waals surface area contributed by atoms with Gasteiger partial charge in [0, 0.05) is 26.7 Å². The van der Waals surface area contributed by atoms with E-state index in [9.17, 15) is 0 Å². The molecule has 1 aliphatic rings. The summed E-state index contributed by atoms with van der Waals surface area (Å²) < 4.78 is 5.22. The lowest BCUT2D eigenvalue weighted by molar-refractivity contribution is 0.414. The Morgan fingerprint density at radius 3 is 2.74 bits per heavy atom. The van der Waals surface area contributed by atoms with Gasteiger partial charge in [-0.2, -0.15) is 0 Å². The average Bonchev–Trinajstić information content (AvgIpc) is 2.94. The molecule has 19 heavy (non-hydrogen) atoms. The van der Waals surface area contributed by atoms with Gasteiger partial charge in [-0.25, -0.2) is 0 Å². The van der Waals surface area contributed by atoms with Gasteiger partial charge in [0.2, 0.25) is 0 Å². The first kappa shape index (κ1) is 16.1. The Bertz CT molecular complexity index is 417. The second kappa shape index (κ2) is 8.24. The number of aliphatic imine (C=N–C) groups is 1. The zero-order chi connectivity index (χ0) is 12.8. The predicted octanol–water partition coefficient (Wildman–Crippen LogP) is 2.48. The van der Waals surface area contributed by atoms with Crippen LogP contribution in [0.4, 0.5) is 0 Å². The minimum Gasteiger partial charge on any atom is -0.497 e. The first-order chi connectivity index (χ1) is 8.83. The molecule has 0 unspecified atom stereocenters. The van der Waals surface area contributed by atoms with Crippen molar-refractivity contribution < 1.29 is 4.74 Å². The number of ether oxygens (including phenoxy) is 1. The number of hydrogen-bond acceptors (Lipinski definition) is 2. The van der Waals surface area contributed by atoms with Crippen LogP contribution in [0.25, 0.3) is 0 Å². The molecule has 1 aliphatic heterocycles. The molecule has 5 heteroatoms. The first-order valence-electron chi connectivity index (χ1n) is 6.42. The topological polar surface area (TPSA) is 36.9 Å². The van der Waals surface area contributed by atoms with Gasteiger partial charge >= 0.3 is 0 Å². The molecule has 0 amide bonds. The summed E-state index contributed by atoms with van der Waals surface area (Å²) in [5, 5.41) is 3.40. The number of methoxy groups -OCH3 is 1. The maximum absolute atomic E-state index is 5.22. The Morgan fingerprint density at radius 2 is 2.11 bits per heavy atom. The Morgan fingerprint density at radius 1 is 1.37 bits per heavy atom. The van der Waals surface area contributed by atoms with Gasteiger partial charge in [-0.15, -0.1) is 24.0 Å². The van der Waals surface area contributed by atoms with Crippen LogP contribution >= 0.6 is 24.0 Å². The van der Waals surface area contributed by atoms with Crippen LogP contribution in [0.2, 0.25) is 0 Å². The predicted molar refractivity (Wildman–Crippen MR) is 89.4 cm³/mol. The highest BCUT2D eigenvalue weighted by Gasteiger charge is 2.15. The highest BCUT2D eigenvalue weighted by atomic mass is 127. The molecule has 0 saturated carbocycles. The zero-order valence-corrected chi connectivity index (χ0v) is 13.9. The van der Waals surface area contributed by atoms with Crippen molar-refractivity contribution in [2.75, 3.05) is 27.2 Å². The van der Waals surface area contributed by atoms with E-state index >= 15 is 0 Å². The third-order valence-corrected chi connectivity index (χ3v) is 3.20. The summed E-state index contributed by atoms with van der Waals surface area (Å²) in [7, 11) is 3.53. The second-order valence-electron chi connectivity index (χ2n) is 4.45. The molecule has 1 aromatic carbocycles. The first-order valence-corrected chi connectivity index (χ1v) is 6.42. The van der Waals surface area contributed by atoms with Crippen molar-refractivity contribution in [2.24, 2.45) is 4.99 Å². The standard InChI is InChI=1S/C14H21N3O.HI/c1-15-14(17-8-3-4-9-17)16-11-12-6-5-7-13(10-12)18-2;/h5-7,10H,3-4,8-9,11H2,1-2H3,(H,15,16);1H. The quantitative estimate of drug-likeness (QED) is 0.501. The number of halogens is 1. The number of rotatable bonds is 3. The normalized spacial score (nSPS) is 15.1. The Labute approximate surface area is 132 Å². The average molecular weight is 375 g/mol. The molecule has 4 nitrogen and oxygen atoms in total. The SMILES string of the molecule is CN=C(NCc1cccc(OC)c1)N1CCCC1.I. The number of likely N-dealkylation sites (tertiary alicyclic amines) is 1. The van der Waals surface area contributed by atoms with E-state index in [1.54, 1.807) is 7.11 Å². The number of benzene rings is 1. The molecule has 1 saturated heterocycles. The fourth-order valence-corrected chi connectivity index (χ4v) is 2.22. The number of nitrogens with zero attached hydrogens (tertiary/aromatic N) is 2. The zero-order valence-electron chi connectivity index (χ0n) is 11.6. The maximum Gasteiger partial charge on any atom is 0.193 e. The molecule has 0 spiro atoms. The third-order valence-electron chi connectivity index (χ3n) is 3.20. The van der Waals surface area contributed by atoms with E-state index in [4.69, 9.17) is 4.74 Å². The second-order valence-corrected chi connectivity index (χ2v) is 4.45. The molecule has 1 heterocycles. The van der Waals surface area contributed by atoms with E-state index in [1.165, 1.54) is 18.4 Å².